The fourth-order valence-corrected chi connectivity index (χ4v) is 3.28. The third kappa shape index (κ3) is 4.25. The summed E-state index contributed by atoms with van der Waals surface area (Å²) in [5, 5.41) is 13.7. The number of ether oxygens (including phenoxy) is 2. The van der Waals surface area contributed by atoms with E-state index in [2.05, 4.69) is 10.1 Å². The number of hydrogen-bond donors (Lipinski definition) is 1. The summed E-state index contributed by atoms with van der Waals surface area (Å²) in [7, 11) is 4.93. The summed E-state index contributed by atoms with van der Waals surface area (Å²) in [4.78, 5) is 22.5. The van der Waals surface area contributed by atoms with Gasteiger partial charge in [-0.05, 0) is 18.2 Å². The quantitative estimate of drug-likeness (QED) is 0.487. The van der Waals surface area contributed by atoms with Crippen LogP contribution in [0.5, 0.6) is 11.5 Å². The van der Waals surface area contributed by atoms with Gasteiger partial charge in [-0.25, -0.2) is 4.98 Å². The Morgan fingerprint density at radius 3 is 2.39 bits per heavy atom. The first-order valence-electron chi connectivity index (χ1n) is 9.45. The molecule has 0 spiro atoms. The van der Waals surface area contributed by atoms with Gasteiger partial charge in [0.15, 0.2) is 0 Å². The molecule has 1 N–H and O–H groups in total. The van der Waals surface area contributed by atoms with Gasteiger partial charge in [0.2, 0.25) is 0 Å². The highest BCUT2D eigenvalue weighted by atomic mass is 16.5. The highest BCUT2D eigenvalue weighted by molar-refractivity contribution is 5.85. The molecule has 0 saturated carbocycles. The van der Waals surface area contributed by atoms with E-state index in [1.54, 1.807) is 54.4 Å². The first-order chi connectivity index (χ1) is 15.0. The minimum atomic E-state index is -0.975. The third-order valence-corrected chi connectivity index (χ3v) is 4.78. The number of methoxy groups -OCH3 is 2. The van der Waals surface area contributed by atoms with Gasteiger partial charge in [0.05, 0.1) is 43.3 Å². The van der Waals surface area contributed by atoms with Crippen molar-refractivity contribution in [1.82, 2.24) is 19.7 Å². The molecule has 0 unspecified atom stereocenters. The molecule has 158 valence electrons. The molecular weight excluding hydrogens is 398 g/mol. The van der Waals surface area contributed by atoms with E-state index in [4.69, 9.17) is 14.5 Å². The zero-order valence-corrected chi connectivity index (χ0v) is 17.3. The number of carbonyl (C=O) groups is 1. The largest absolute Gasteiger partial charge is 0.497 e. The lowest BCUT2D eigenvalue weighted by molar-refractivity contribution is -0.135. The highest BCUT2D eigenvalue weighted by Gasteiger charge is 2.17. The SMILES string of the molecule is COc1cc(OC)cc(N(CC(=O)O)c2ccc3ncc(-c4cnn(C)c4)nc3c2)c1. The van der Waals surface area contributed by atoms with E-state index >= 15 is 0 Å². The van der Waals surface area contributed by atoms with Crippen LogP contribution in [0.15, 0.2) is 55.0 Å². The van der Waals surface area contributed by atoms with Crippen LogP contribution >= 0.6 is 0 Å². The van der Waals surface area contributed by atoms with Crippen molar-refractivity contribution in [3.05, 3.63) is 55.0 Å². The van der Waals surface area contributed by atoms with Gasteiger partial charge in [-0.15, -0.1) is 0 Å². The molecule has 0 fully saturated rings. The first kappa shape index (κ1) is 20.1. The minimum absolute atomic E-state index is 0.252. The zero-order valence-electron chi connectivity index (χ0n) is 17.3. The molecule has 0 aliphatic rings. The number of aliphatic carboxylic acids is 1. The topological polar surface area (TPSA) is 103 Å². The Morgan fingerprint density at radius 1 is 1.03 bits per heavy atom. The predicted octanol–water partition coefficient (Wildman–Crippen LogP) is 3.27. The van der Waals surface area contributed by atoms with E-state index in [1.165, 1.54) is 0 Å². The van der Waals surface area contributed by atoms with Crippen molar-refractivity contribution >= 4 is 28.4 Å². The molecule has 0 amide bonds. The molecule has 4 aromatic rings. The van der Waals surface area contributed by atoms with Gasteiger partial charge in [-0.3, -0.25) is 14.5 Å². The molecule has 2 aromatic carbocycles. The van der Waals surface area contributed by atoms with Crippen LogP contribution in [0.25, 0.3) is 22.3 Å². The average molecular weight is 419 g/mol. The summed E-state index contributed by atoms with van der Waals surface area (Å²) in [6.45, 7) is -0.252. The lowest BCUT2D eigenvalue weighted by atomic mass is 10.2. The summed E-state index contributed by atoms with van der Waals surface area (Å²) >= 11 is 0. The van der Waals surface area contributed by atoms with E-state index in [1.807, 2.05) is 31.4 Å². The Bertz CT molecular complexity index is 1230. The maximum Gasteiger partial charge on any atom is 0.323 e. The smallest absolute Gasteiger partial charge is 0.323 e. The summed E-state index contributed by atoms with van der Waals surface area (Å²) < 4.78 is 12.4. The standard InChI is InChI=1S/C22H21N5O4/c1-26-12-14(10-24-26)21-11-23-19-5-4-15(8-20(19)25-21)27(13-22(28)29)16-6-17(30-2)9-18(7-16)31-3/h4-12H,13H2,1-3H3,(H,28,29). The molecule has 9 nitrogen and oxygen atoms in total. The van der Waals surface area contributed by atoms with Crippen molar-refractivity contribution in [2.45, 2.75) is 0 Å². The second kappa shape index (κ2) is 8.31. The van der Waals surface area contributed by atoms with Crippen LogP contribution in [0.4, 0.5) is 11.4 Å². The fraction of sp³-hybridized carbons (Fsp3) is 0.182. The Hall–Kier alpha value is -4.14. The van der Waals surface area contributed by atoms with Crippen LogP contribution in [0, 0.1) is 0 Å². The van der Waals surface area contributed by atoms with Crippen molar-refractivity contribution in [3.63, 3.8) is 0 Å². The van der Waals surface area contributed by atoms with Crippen molar-refractivity contribution in [2.24, 2.45) is 7.05 Å². The predicted molar refractivity (Wildman–Crippen MR) is 116 cm³/mol. The monoisotopic (exact) mass is 419 g/mol. The van der Waals surface area contributed by atoms with Crippen LogP contribution in [-0.2, 0) is 11.8 Å². The Morgan fingerprint density at radius 2 is 1.77 bits per heavy atom. The number of aryl methyl sites for hydroxylation is 1. The number of rotatable bonds is 7. The summed E-state index contributed by atoms with van der Waals surface area (Å²) in [6, 6.07) is 10.7. The molecule has 4 rings (SSSR count). The van der Waals surface area contributed by atoms with Crippen molar-refractivity contribution in [2.75, 3.05) is 25.7 Å². The molecule has 0 aliphatic heterocycles. The van der Waals surface area contributed by atoms with E-state index in [0.29, 0.717) is 39.6 Å². The van der Waals surface area contributed by atoms with Gasteiger partial charge in [-0.2, -0.15) is 5.10 Å². The van der Waals surface area contributed by atoms with Gasteiger partial charge in [0.25, 0.3) is 0 Å². The molecular formula is C22H21N5O4. The second-order valence-electron chi connectivity index (χ2n) is 6.88. The van der Waals surface area contributed by atoms with E-state index < -0.39 is 5.97 Å². The normalized spacial score (nSPS) is 10.8. The maximum absolute atomic E-state index is 11.6. The highest BCUT2D eigenvalue weighted by Crippen LogP contribution is 2.34. The van der Waals surface area contributed by atoms with Gasteiger partial charge < -0.3 is 19.5 Å². The number of aromatic nitrogens is 4. The molecule has 31 heavy (non-hydrogen) atoms. The van der Waals surface area contributed by atoms with Gasteiger partial charge in [0.1, 0.15) is 18.0 Å². The van der Waals surface area contributed by atoms with Crippen molar-refractivity contribution in [3.8, 4) is 22.8 Å². The van der Waals surface area contributed by atoms with Gasteiger partial charge in [-0.1, -0.05) is 0 Å². The molecule has 2 aromatic heterocycles. The number of hydrogen-bond acceptors (Lipinski definition) is 7. The lowest BCUT2D eigenvalue weighted by Crippen LogP contribution is -2.25. The molecule has 0 radical (unpaired) electrons. The van der Waals surface area contributed by atoms with Crippen molar-refractivity contribution in [1.29, 1.82) is 0 Å². The van der Waals surface area contributed by atoms with Gasteiger partial charge in [0, 0.05) is 48.4 Å². The van der Waals surface area contributed by atoms with Crippen LogP contribution in [0.2, 0.25) is 0 Å². The number of nitrogens with zero attached hydrogens (tertiary/aromatic N) is 5. The fourth-order valence-electron chi connectivity index (χ4n) is 3.28. The van der Waals surface area contributed by atoms with E-state index in [0.717, 1.165) is 5.56 Å². The second-order valence-corrected chi connectivity index (χ2v) is 6.88. The van der Waals surface area contributed by atoms with E-state index in [9.17, 15) is 9.90 Å². The van der Waals surface area contributed by atoms with Gasteiger partial charge >= 0.3 is 5.97 Å². The molecule has 0 saturated heterocycles. The number of carboxylic acids is 1. The van der Waals surface area contributed by atoms with Crippen LogP contribution in [0.3, 0.4) is 0 Å². The average Bonchev–Trinajstić information content (AvgIpc) is 3.22. The Kier molecular flexibility index (Phi) is 5.40. The summed E-state index contributed by atoms with van der Waals surface area (Å²) in [5.74, 6) is 0.144. The molecule has 0 atom stereocenters. The first-order valence-corrected chi connectivity index (χ1v) is 9.45. The number of benzene rings is 2. The van der Waals surface area contributed by atoms with Crippen LogP contribution in [-0.4, -0.2) is 51.6 Å². The van der Waals surface area contributed by atoms with Crippen molar-refractivity contribution < 1.29 is 19.4 Å². The lowest BCUT2D eigenvalue weighted by Gasteiger charge is -2.24. The number of fused-ring (bicyclic) bond motifs is 1. The third-order valence-electron chi connectivity index (χ3n) is 4.78. The summed E-state index contributed by atoms with van der Waals surface area (Å²) in [6.07, 6.45) is 5.28. The number of anilines is 2. The van der Waals surface area contributed by atoms with Crippen LogP contribution in [0.1, 0.15) is 0 Å². The molecule has 9 heteroatoms. The Labute approximate surface area is 178 Å². The Balaban J connectivity index is 1.81. The number of carboxylic acid groups (broad SMARTS) is 1. The molecule has 2 heterocycles. The zero-order chi connectivity index (χ0) is 22.0. The maximum atomic E-state index is 11.6. The summed E-state index contributed by atoms with van der Waals surface area (Å²) in [5.41, 5.74) is 4.16. The van der Waals surface area contributed by atoms with Crippen LogP contribution < -0.4 is 14.4 Å². The van der Waals surface area contributed by atoms with E-state index in [-0.39, 0.29) is 6.54 Å². The minimum Gasteiger partial charge on any atom is -0.497 e. The molecule has 0 aliphatic carbocycles. The molecule has 0 bridgehead atoms.